The van der Waals surface area contributed by atoms with E-state index in [0.717, 1.165) is 5.69 Å². The minimum atomic E-state index is -0.124. The molecule has 0 radical (unpaired) electrons. The Labute approximate surface area is 103 Å². The zero-order valence-corrected chi connectivity index (χ0v) is 10.5. The fourth-order valence-electron chi connectivity index (χ4n) is 1.89. The second kappa shape index (κ2) is 5.32. The van der Waals surface area contributed by atoms with E-state index in [1.807, 2.05) is 38.1 Å². The lowest BCUT2D eigenvalue weighted by atomic mass is 9.92. The molecule has 0 bridgehead atoms. The number of aryl methyl sites for hydroxylation is 1. The Morgan fingerprint density at radius 2 is 1.94 bits per heavy atom. The van der Waals surface area contributed by atoms with Gasteiger partial charge in [-0.05, 0) is 38.8 Å². The van der Waals surface area contributed by atoms with Gasteiger partial charge in [-0.2, -0.15) is 0 Å². The highest BCUT2D eigenvalue weighted by Crippen LogP contribution is 2.18. The fraction of sp³-hybridized carbons (Fsp3) is 0.500. The van der Waals surface area contributed by atoms with Gasteiger partial charge in [0.25, 0.3) is 0 Å². The molecule has 1 unspecified atom stereocenters. The van der Waals surface area contributed by atoms with Crippen molar-refractivity contribution in [1.82, 2.24) is 5.32 Å². The second-order valence-corrected chi connectivity index (χ2v) is 4.87. The van der Waals surface area contributed by atoms with Crippen LogP contribution in [0.25, 0.3) is 0 Å². The summed E-state index contributed by atoms with van der Waals surface area (Å²) in [4.78, 5) is 11.9. The predicted octanol–water partition coefficient (Wildman–Crippen LogP) is 2.46. The van der Waals surface area contributed by atoms with Gasteiger partial charge in [-0.25, -0.2) is 0 Å². The van der Waals surface area contributed by atoms with Crippen molar-refractivity contribution in [2.24, 2.45) is 0 Å². The Morgan fingerprint density at radius 3 is 2.47 bits per heavy atom. The molecule has 17 heavy (non-hydrogen) atoms. The van der Waals surface area contributed by atoms with Crippen LogP contribution in [-0.2, 0) is 4.79 Å². The molecule has 1 aromatic rings. The highest BCUT2D eigenvalue weighted by Gasteiger charge is 2.22. The maximum atomic E-state index is 11.9. The van der Waals surface area contributed by atoms with Crippen molar-refractivity contribution in [2.45, 2.75) is 45.2 Å². The van der Waals surface area contributed by atoms with Crippen LogP contribution < -0.4 is 10.6 Å². The molecule has 0 aromatic heterocycles. The van der Waals surface area contributed by atoms with E-state index in [2.05, 4.69) is 10.6 Å². The van der Waals surface area contributed by atoms with Crippen molar-refractivity contribution in [3.05, 3.63) is 29.8 Å². The van der Waals surface area contributed by atoms with E-state index < -0.39 is 0 Å². The molecule has 0 aliphatic heterocycles. The molecule has 0 heterocycles. The van der Waals surface area contributed by atoms with Crippen LogP contribution in [0.3, 0.4) is 0 Å². The van der Waals surface area contributed by atoms with Crippen molar-refractivity contribution >= 4 is 11.6 Å². The molecule has 1 atom stereocenters. The van der Waals surface area contributed by atoms with Crippen LogP contribution >= 0.6 is 0 Å². The van der Waals surface area contributed by atoms with Gasteiger partial charge in [-0.15, -0.1) is 0 Å². The summed E-state index contributed by atoms with van der Waals surface area (Å²) in [6.07, 6.45) is 3.67. The summed E-state index contributed by atoms with van der Waals surface area (Å²) in [5, 5.41) is 6.26. The Kier molecular flexibility index (Phi) is 3.79. The number of amides is 1. The maximum Gasteiger partial charge on any atom is 0.241 e. The quantitative estimate of drug-likeness (QED) is 0.837. The summed E-state index contributed by atoms with van der Waals surface area (Å²) >= 11 is 0. The second-order valence-electron chi connectivity index (χ2n) is 4.87. The molecule has 1 saturated carbocycles. The van der Waals surface area contributed by atoms with Crippen LogP contribution in [0, 0.1) is 6.92 Å². The third-order valence-electron chi connectivity index (χ3n) is 3.30. The predicted molar refractivity (Wildman–Crippen MR) is 70.0 cm³/mol. The molecule has 2 rings (SSSR count). The molecule has 1 aliphatic rings. The van der Waals surface area contributed by atoms with Crippen molar-refractivity contribution in [3.63, 3.8) is 0 Å². The molecule has 1 amide bonds. The molecule has 1 aromatic carbocycles. The Balaban J connectivity index is 1.84. The third-order valence-corrected chi connectivity index (χ3v) is 3.30. The summed E-state index contributed by atoms with van der Waals surface area (Å²) in [7, 11) is 0. The van der Waals surface area contributed by atoms with Gasteiger partial charge in [0.2, 0.25) is 5.91 Å². The summed E-state index contributed by atoms with van der Waals surface area (Å²) in [5.41, 5.74) is 2.06. The number of hydrogen-bond donors (Lipinski definition) is 2. The molecular formula is C14H20N2O. The van der Waals surface area contributed by atoms with Crippen LogP contribution in [-0.4, -0.2) is 18.0 Å². The molecule has 3 heteroatoms. The van der Waals surface area contributed by atoms with Gasteiger partial charge in [0.05, 0.1) is 6.04 Å². The SMILES string of the molecule is Cc1ccc(NC(=O)C(C)NC2CCC2)cc1. The Morgan fingerprint density at radius 1 is 1.29 bits per heavy atom. The lowest BCUT2D eigenvalue weighted by Gasteiger charge is -2.29. The van der Waals surface area contributed by atoms with Crippen LogP contribution in [0.2, 0.25) is 0 Å². The van der Waals surface area contributed by atoms with E-state index >= 15 is 0 Å². The average Bonchev–Trinajstić information content (AvgIpc) is 2.26. The summed E-state index contributed by atoms with van der Waals surface area (Å²) in [6.45, 7) is 3.95. The lowest BCUT2D eigenvalue weighted by molar-refractivity contribution is -0.118. The fourth-order valence-corrected chi connectivity index (χ4v) is 1.89. The zero-order chi connectivity index (χ0) is 12.3. The van der Waals surface area contributed by atoms with Crippen LogP contribution in [0.5, 0.6) is 0 Å². The van der Waals surface area contributed by atoms with Crippen molar-refractivity contribution in [1.29, 1.82) is 0 Å². The number of anilines is 1. The van der Waals surface area contributed by atoms with Crippen LogP contribution in [0.1, 0.15) is 31.7 Å². The van der Waals surface area contributed by atoms with Crippen molar-refractivity contribution in [2.75, 3.05) is 5.32 Å². The zero-order valence-electron chi connectivity index (χ0n) is 10.5. The van der Waals surface area contributed by atoms with Crippen LogP contribution in [0.4, 0.5) is 5.69 Å². The van der Waals surface area contributed by atoms with Gasteiger partial charge in [0, 0.05) is 11.7 Å². The normalized spacial score (nSPS) is 17.3. The summed E-state index contributed by atoms with van der Waals surface area (Å²) in [6, 6.07) is 8.28. The first kappa shape index (κ1) is 12.1. The lowest BCUT2D eigenvalue weighted by Crippen LogP contribution is -2.46. The van der Waals surface area contributed by atoms with E-state index in [9.17, 15) is 4.79 Å². The van der Waals surface area contributed by atoms with Crippen molar-refractivity contribution < 1.29 is 4.79 Å². The minimum Gasteiger partial charge on any atom is -0.325 e. The molecule has 92 valence electrons. The number of carbonyl (C=O) groups is 1. The summed E-state index contributed by atoms with van der Waals surface area (Å²) in [5.74, 6) is 0.0424. The first-order valence-electron chi connectivity index (χ1n) is 6.29. The maximum absolute atomic E-state index is 11.9. The molecule has 3 nitrogen and oxygen atoms in total. The standard InChI is InChI=1S/C14H20N2O/c1-10-6-8-13(9-7-10)16-14(17)11(2)15-12-4-3-5-12/h6-9,11-12,15H,3-5H2,1-2H3,(H,16,17). The highest BCUT2D eigenvalue weighted by atomic mass is 16.2. The molecule has 2 N–H and O–H groups in total. The minimum absolute atomic E-state index is 0.0424. The van der Waals surface area contributed by atoms with Gasteiger partial charge in [0.15, 0.2) is 0 Å². The topological polar surface area (TPSA) is 41.1 Å². The van der Waals surface area contributed by atoms with E-state index in [0.29, 0.717) is 6.04 Å². The van der Waals surface area contributed by atoms with Gasteiger partial charge in [-0.3, -0.25) is 4.79 Å². The van der Waals surface area contributed by atoms with Gasteiger partial charge < -0.3 is 10.6 Å². The van der Waals surface area contributed by atoms with Crippen molar-refractivity contribution in [3.8, 4) is 0 Å². The monoisotopic (exact) mass is 232 g/mol. The van der Waals surface area contributed by atoms with Gasteiger partial charge >= 0.3 is 0 Å². The Hall–Kier alpha value is -1.35. The molecule has 0 saturated heterocycles. The molecule has 1 fully saturated rings. The number of benzene rings is 1. The van der Waals surface area contributed by atoms with Gasteiger partial charge in [-0.1, -0.05) is 24.1 Å². The number of carbonyl (C=O) groups excluding carboxylic acids is 1. The highest BCUT2D eigenvalue weighted by molar-refractivity contribution is 5.94. The average molecular weight is 232 g/mol. The first-order chi connectivity index (χ1) is 8.15. The first-order valence-corrected chi connectivity index (χ1v) is 6.29. The number of hydrogen-bond acceptors (Lipinski definition) is 2. The smallest absolute Gasteiger partial charge is 0.241 e. The molecule has 0 spiro atoms. The van der Waals surface area contributed by atoms with E-state index in [1.54, 1.807) is 0 Å². The van der Waals surface area contributed by atoms with E-state index in [1.165, 1.54) is 24.8 Å². The number of rotatable bonds is 4. The number of nitrogens with one attached hydrogen (secondary N) is 2. The van der Waals surface area contributed by atoms with Crippen LogP contribution in [0.15, 0.2) is 24.3 Å². The Bertz CT molecular complexity index is 382. The van der Waals surface area contributed by atoms with E-state index in [4.69, 9.17) is 0 Å². The van der Waals surface area contributed by atoms with Gasteiger partial charge in [0.1, 0.15) is 0 Å². The largest absolute Gasteiger partial charge is 0.325 e. The summed E-state index contributed by atoms with van der Waals surface area (Å²) < 4.78 is 0. The molecular weight excluding hydrogens is 212 g/mol. The molecule has 1 aliphatic carbocycles. The third kappa shape index (κ3) is 3.30. The van der Waals surface area contributed by atoms with E-state index in [-0.39, 0.29) is 11.9 Å².